The second-order valence-electron chi connectivity index (χ2n) is 4.03. The molecule has 0 unspecified atom stereocenters. The average Bonchev–Trinajstić information content (AvgIpc) is 2.34. The standard InChI is InChI=1S/C13H13Cl2N3/c1-18(13-4-5-17-7-12(13)15)8-9-6-10(16)2-3-11(9)14/h2-7H,8,16H2,1H3. The van der Waals surface area contributed by atoms with Crippen LogP contribution in [0.25, 0.3) is 0 Å². The lowest BCUT2D eigenvalue weighted by molar-refractivity contribution is 0.921. The molecule has 0 saturated carbocycles. The van der Waals surface area contributed by atoms with Gasteiger partial charge in [-0.2, -0.15) is 0 Å². The minimum Gasteiger partial charge on any atom is -0.399 e. The summed E-state index contributed by atoms with van der Waals surface area (Å²) < 4.78 is 0. The number of halogens is 2. The molecule has 0 fully saturated rings. The molecule has 2 N–H and O–H groups in total. The van der Waals surface area contributed by atoms with Crippen LogP contribution in [0.1, 0.15) is 5.56 Å². The first-order valence-corrected chi connectivity index (χ1v) is 6.18. The van der Waals surface area contributed by atoms with E-state index in [-0.39, 0.29) is 0 Å². The summed E-state index contributed by atoms with van der Waals surface area (Å²) in [4.78, 5) is 5.97. The van der Waals surface area contributed by atoms with Crippen LogP contribution in [-0.4, -0.2) is 12.0 Å². The van der Waals surface area contributed by atoms with Crippen molar-refractivity contribution in [2.75, 3.05) is 17.7 Å². The predicted molar refractivity (Wildman–Crippen MR) is 77.2 cm³/mol. The first-order chi connectivity index (χ1) is 8.58. The molecule has 0 saturated heterocycles. The van der Waals surface area contributed by atoms with Gasteiger partial charge in [0.15, 0.2) is 0 Å². The summed E-state index contributed by atoms with van der Waals surface area (Å²) in [5.41, 5.74) is 8.33. The number of hydrogen-bond acceptors (Lipinski definition) is 3. The van der Waals surface area contributed by atoms with Crippen molar-refractivity contribution in [3.05, 3.63) is 52.3 Å². The number of benzene rings is 1. The van der Waals surface area contributed by atoms with Gasteiger partial charge in [-0.25, -0.2) is 0 Å². The topological polar surface area (TPSA) is 42.1 Å². The Bertz CT molecular complexity index is 558. The number of rotatable bonds is 3. The zero-order valence-electron chi connectivity index (χ0n) is 9.90. The molecule has 3 nitrogen and oxygen atoms in total. The molecule has 1 aromatic heterocycles. The minimum atomic E-state index is 0.611. The molecule has 0 aliphatic carbocycles. The van der Waals surface area contributed by atoms with Crippen molar-refractivity contribution in [1.29, 1.82) is 0 Å². The second-order valence-corrected chi connectivity index (χ2v) is 4.85. The maximum absolute atomic E-state index is 6.14. The SMILES string of the molecule is CN(Cc1cc(N)ccc1Cl)c1ccncc1Cl. The van der Waals surface area contributed by atoms with Crippen LogP contribution < -0.4 is 10.6 Å². The monoisotopic (exact) mass is 281 g/mol. The molecule has 0 aliphatic heterocycles. The highest BCUT2D eigenvalue weighted by atomic mass is 35.5. The number of hydrogen-bond donors (Lipinski definition) is 1. The number of nitrogen functional groups attached to an aromatic ring is 1. The normalized spacial score (nSPS) is 10.4. The number of aromatic nitrogens is 1. The van der Waals surface area contributed by atoms with Crippen molar-refractivity contribution in [3.63, 3.8) is 0 Å². The minimum absolute atomic E-state index is 0.611. The molecule has 0 atom stereocenters. The van der Waals surface area contributed by atoms with Gasteiger partial charge in [0.2, 0.25) is 0 Å². The molecule has 0 amide bonds. The third-order valence-corrected chi connectivity index (χ3v) is 3.30. The van der Waals surface area contributed by atoms with Crippen molar-refractivity contribution in [2.24, 2.45) is 0 Å². The largest absolute Gasteiger partial charge is 0.399 e. The van der Waals surface area contributed by atoms with Gasteiger partial charge in [-0.15, -0.1) is 0 Å². The van der Waals surface area contributed by atoms with Crippen LogP contribution in [0, 0.1) is 0 Å². The van der Waals surface area contributed by atoms with Crippen LogP contribution in [0.2, 0.25) is 10.0 Å². The fourth-order valence-corrected chi connectivity index (χ4v) is 2.17. The van der Waals surface area contributed by atoms with E-state index in [0.717, 1.165) is 11.3 Å². The van der Waals surface area contributed by atoms with E-state index in [4.69, 9.17) is 28.9 Å². The van der Waals surface area contributed by atoms with E-state index in [0.29, 0.717) is 22.3 Å². The van der Waals surface area contributed by atoms with Gasteiger partial charge in [0.1, 0.15) is 0 Å². The Morgan fingerprint density at radius 2 is 2.00 bits per heavy atom. The molecule has 2 aromatic rings. The Kier molecular flexibility index (Phi) is 3.94. The van der Waals surface area contributed by atoms with Gasteiger partial charge in [0.05, 0.1) is 10.7 Å². The summed E-state index contributed by atoms with van der Waals surface area (Å²) in [6, 6.07) is 7.32. The van der Waals surface area contributed by atoms with Gasteiger partial charge >= 0.3 is 0 Å². The van der Waals surface area contributed by atoms with Crippen molar-refractivity contribution in [1.82, 2.24) is 4.98 Å². The number of nitrogens with two attached hydrogens (primary N) is 1. The molecule has 0 spiro atoms. The summed E-state index contributed by atoms with van der Waals surface area (Å²) in [5, 5.41) is 1.31. The van der Waals surface area contributed by atoms with Crippen LogP contribution in [0.4, 0.5) is 11.4 Å². The molecule has 0 radical (unpaired) electrons. The molecule has 2 rings (SSSR count). The van der Waals surface area contributed by atoms with E-state index in [2.05, 4.69) is 4.98 Å². The summed E-state index contributed by atoms with van der Waals surface area (Å²) in [7, 11) is 1.95. The average molecular weight is 282 g/mol. The summed E-state index contributed by atoms with van der Waals surface area (Å²) >= 11 is 12.2. The van der Waals surface area contributed by atoms with Gasteiger partial charge in [-0.1, -0.05) is 23.2 Å². The molecule has 1 heterocycles. The van der Waals surface area contributed by atoms with Crippen LogP contribution in [0.15, 0.2) is 36.7 Å². The number of anilines is 2. The summed E-state index contributed by atoms with van der Waals surface area (Å²) in [6.07, 6.45) is 3.33. The molecule has 18 heavy (non-hydrogen) atoms. The van der Waals surface area contributed by atoms with Crippen molar-refractivity contribution >= 4 is 34.6 Å². The van der Waals surface area contributed by atoms with Crippen LogP contribution in [0.3, 0.4) is 0 Å². The first-order valence-electron chi connectivity index (χ1n) is 5.42. The Morgan fingerprint density at radius 3 is 2.72 bits per heavy atom. The van der Waals surface area contributed by atoms with E-state index in [1.807, 2.05) is 24.1 Å². The predicted octanol–water partition coefficient (Wildman–Crippen LogP) is 3.61. The lowest BCUT2D eigenvalue weighted by Crippen LogP contribution is -2.17. The van der Waals surface area contributed by atoms with Gasteiger partial charge in [-0.05, 0) is 29.8 Å². The van der Waals surface area contributed by atoms with Crippen LogP contribution in [-0.2, 0) is 6.54 Å². The smallest absolute Gasteiger partial charge is 0.0822 e. The fourth-order valence-electron chi connectivity index (χ4n) is 1.73. The zero-order valence-corrected chi connectivity index (χ0v) is 11.4. The quantitative estimate of drug-likeness (QED) is 0.874. The van der Waals surface area contributed by atoms with E-state index in [1.54, 1.807) is 24.5 Å². The molecule has 0 bridgehead atoms. The van der Waals surface area contributed by atoms with Crippen molar-refractivity contribution in [2.45, 2.75) is 6.54 Å². The van der Waals surface area contributed by atoms with Crippen molar-refractivity contribution < 1.29 is 0 Å². The fraction of sp³-hybridized carbons (Fsp3) is 0.154. The lowest BCUT2D eigenvalue weighted by Gasteiger charge is -2.21. The second kappa shape index (κ2) is 5.46. The summed E-state index contributed by atoms with van der Waals surface area (Å²) in [5.74, 6) is 0. The van der Waals surface area contributed by atoms with E-state index in [1.165, 1.54) is 0 Å². The molecular formula is C13H13Cl2N3. The van der Waals surface area contributed by atoms with E-state index < -0.39 is 0 Å². The Hall–Kier alpha value is -1.45. The van der Waals surface area contributed by atoms with Gasteiger partial charge < -0.3 is 10.6 Å². The van der Waals surface area contributed by atoms with E-state index in [9.17, 15) is 0 Å². The molecule has 94 valence electrons. The Morgan fingerprint density at radius 1 is 1.22 bits per heavy atom. The van der Waals surface area contributed by atoms with Gasteiger partial charge in [-0.3, -0.25) is 4.98 Å². The number of nitrogens with zero attached hydrogens (tertiary/aromatic N) is 2. The van der Waals surface area contributed by atoms with Crippen molar-refractivity contribution in [3.8, 4) is 0 Å². The maximum atomic E-state index is 6.14. The Balaban J connectivity index is 2.24. The van der Waals surface area contributed by atoms with Gasteiger partial charge in [0.25, 0.3) is 0 Å². The third kappa shape index (κ3) is 2.86. The molecule has 5 heteroatoms. The molecule has 1 aromatic carbocycles. The highest BCUT2D eigenvalue weighted by Gasteiger charge is 2.09. The molecular weight excluding hydrogens is 269 g/mol. The highest BCUT2D eigenvalue weighted by molar-refractivity contribution is 6.33. The van der Waals surface area contributed by atoms with E-state index >= 15 is 0 Å². The molecule has 0 aliphatic rings. The lowest BCUT2D eigenvalue weighted by atomic mass is 10.2. The number of pyridine rings is 1. The first kappa shape index (κ1) is 13.0. The van der Waals surface area contributed by atoms with Gasteiger partial charge in [0, 0.05) is 36.7 Å². The van der Waals surface area contributed by atoms with Crippen LogP contribution in [0.5, 0.6) is 0 Å². The summed E-state index contributed by atoms with van der Waals surface area (Å²) in [6.45, 7) is 0.633. The third-order valence-electron chi connectivity index (χ3n) is 2.64. The Labute approximate surface area is 116 Å². The van der Waals surface area contributed by atoms with Crippen LogP contribution >= 0.6 is 23.2 Å². The maximum Gasteiger partial charge on any atom is 0.0822 e. The zero-order chi connectivity index (χ0) is 13.1. The highest BCUT2D eigenvalue weighted by Crippen LogP contribution is 2.27.